The number of benzene rings is 1. The molecular weight excluding hydrogens is 320 g/mol. The topological polar surface area (TPSA) is 58.5 Å². The smallest absolute Gasteiger partial charge is 0.191 e. The molecule has 2 aromatic rings. The lowest BCUT2D eigenvalue weighted by Crippen LogP contribution is -2.39. The summed E-state index contributed by atoms with van der Waals surface area (Å²) >= 11 is 1.72. The number of hydrogen-bond acceptors (Lipinski definition) is 4. The Morgan fingerprint density at radius 2 is 2.00 bits per heavy atom. The first-order valence-electron chi connectivity index (χ1n) is 8.36. The fraction of sp³-hybridized carbons (Fsp3) is 0.444. The summed E-state index contributed by atoms with van der Waals surface area (Å²) in [7, 11) is 0. The van der Waals surface area contributed by atoms with Crippen molar-refractivity contribution in [2.45, 2.75) is 33.7 Å². The standard InChI is InChI=1S/C18H26N4OS/c1-4-16-12-21-17(24-16)13-22-18(19-5-2)20-10-11-23-15-8-6-14(3)7-9-15/h6-9,12H,4-5,10-11,13H2,1-3H3,(H2,19,20,22). The molecule has 0 unspecified atom stereocenters. The van der Waals surface area contributed by atoms with Gasteiger partial charge in [0, 0.05) is 17.6 Å². The van der Waals surface area contributed by atoms with E-state index in [0.717, 1.165) is 29.7 Å². The molecule has 0 saturated carbocycles. The van der Waals surface area contributed by atoms with E-state index in [1.807, 2.05) is 30.5 Å². The Morgan fingerprint density at radius 1 is 1.21 bits per heavy atom. The predicted molar refractivity (Wildman–Crippen MR) is 101 cm³/mol. The SMILES string of the molecule is CCNC(=NCc1ncc(CC)s1)NCCOc1ccc(C)cc1. The maximum atomic E-state index is 5.71. The first-order valence-corrected chi connectivity index (χ1v) is 9.18. The quantitative estimate of drug-likeness (QED) is 0.438. The van der Waals surface area contributed by atoms with Crippen molar-refractivity contribution in [3.05, 3.63) is 45.9 Å². The molecule has 130 valence electrons. The van der Waals surface area contributed by atoms with Crippen molar-refractivity contribution < 1.29 is 4.74 Å². The number of nitrogens with zero attached hydrogens (tertiary/aromatic N) is 2. The van der Waals surface area contributed by atoms with E-state index in [-0.39, 0.29) is 0 Å². The molecule has 2 N–H and O–H groups in total. The lowest BCUT2D eigenvalue weighted by molar-refractivity contribution is 0.322. The zero-order valence-electron chi connectivity index (χ0n) is 14.6. The summed E-state index contributed by atoms with van der Waals surface area (Å²) in [5, 5.41) is 7.57. The van der Waals surface area contributed by atoms with Crippen molar-refractivity contribution in [1.82, 2.24) is 15.6 Å². The van der Waals surface area contributed by atoms with E-state index in [0.29, 0.717) is 19.7 Å². The van der Waals surface area contributed by atoms with E-state index >= 15 is 0 Å². The maximum absolute atomic E-state index is 5.71. The van der Waals surface area contributed by atoms with Crippen LogP contribution in [0.15, 0.2) is 35.5 Å². The molecule has 0 amide bonds. The average Bonchev–Trinajstić information content (AvgIpc) is 3.06. The molecule has 2 rings (SSSR count). The number of guanidine groups is 1. The van der Waals surface area contributed by atoms with E-state index in [2.05, 4.69) is 41.4 Å². The molecule has 0 fully saturated rings. The highest BCUT2D eigenvalue weighted by Gasteiger charge is 2.02. The first-order chi connectivity index (χ1) is 11.7. The molecule has 6 heteroatoms. The summed E-state index contributed by atoms with van der Waals surface area (Å²) in [6.07, 6.45) is 2.96. The first kappa shape index (κ1) is 18.3. The molecule has 5 nitrogen and oxygen atoms in total. The van der Waals surface area contributed by atoms with Crippen LogP contribution in [0, 0.1) is 6.92 Å². The van der Waals surface area contributed by atoms with Crippen LogP contribution in [0.2, 0.25) is 0 Å². The van der Waals surface area contributed by atoms with Gasteiger partial charge in [0.25, 0.3) is 0 Å². The lowest BCUT2D eigenvalue weighted by atomic mass is 10.2. The van der Waals surface area contributed by atoms with Crippen molar-refractivity contribution >= 4 is 17.3 Å². The van der Waals surface area contributed by atoms with Gasteiger partial charge in [-0.1, -0.05) is 24.6 Å². The van der Waals surface area contributed by atoms with Crippen LogP contribution in [0.3, 0.4) is 0 Å². The molecule has 1 heterocycles. The summed E-state index contributed by atoms with van der Waals surface area (Å²) in [6, 6.07) is 8.07. The highest BCUT2D eigenvalue weighted by atomic mass is 32.1. The Labute approximate surface area is 148 Å². The third-order valence-corrected chi connectivity index (χ3v) is 4.48. The van der Waals surface area contributed by atoms with E-state index in [1.165, 1.54) is 10.4 Å². The number of hydrogen-bond donors (Lipinski definition) is 2. The molecule has 0 radical (unpaired) electrons. The Morgan fingerprint density at radius 3 is 2.67 bits per heavy atom. The molecule has 1 aromatic carbocycles. The summed E-state index contributed by atoms with van der Waals surface area (Å²) in [4.78, 5) is 10.3. The van der Waals surface area contributed by atoms with Crippen molar-refractivity contribution in [2.24, 2.45) is 4.99 Å². The number of thiazole rings is 1. The second-order valence-corrected chi connectivity index (χ2v) is 6.56. The largest absolute Gasteiger partial charge is 0.492 e. The molecule has 0 aliphatic carbocycles. The molecule has 0 bridgehead atoms. The fourth-order valence-corrected chi connectivity index (χ4v) is 2.83. The molecular formula is C18H26N4OS. The van der Waals surface area contributed by atoms with Gasteiger partial charge < -0.3 is 15.4 Å². The van der Waals surface area contributed by atoms with E-state index in [4.69, 9.17) is 4.74 Å². The number of ether oxygens (including phenoxy) is 1. The van der Waals surface area contributed by atoms with Crippen LogP contribution in [0.5, 0.6) is 5.75 Å². The second-order valence-electron chi connectivity index (χ2n) is 5.36. The van der Waals surface area contributed by atoms with Gasteiger partial charge in [0.1, 0.15) is 17.4 Å². The van der Waals surface area contributed by atoms with Crippen LogP contribution in [0.25, 0.3) is 0 Å². The molecule has 24 heavy (non-hydrogen) atoms. The van der Waals surface area contributed by atoms with Crippen LogP contribution in [0.4, 0.5) is 0 Å². The second kappa shape index (κ2) is 9.93. The van der Waals surface area contributed by atoms with E-state index in [1.54, 1.807) is 11.3 Å². The monoisotopic (exact) mass is 346 g/mol. The normalized spacial score (nSPS) is 11.4. The Kier molecular flexibility index (Phi) is 7.55. The van der Waals surface area contributed by atoms with Crippen molar-refractivity contribution in [3.63, 3.8) is 0 Å². The van der Waals surface area contributed by atoms with Crippen LogP contribution in [0.1, 0.15) is 29.3 Å². The third-order valence-electron chi connectivity index (χ3n) is 3.35. The number of aromatic nitrogens is 1. The van der Waals surface area contributed by atoms with Crippen molar-refractivity contribution in [2.75, 3.05) is 19.7 Å². The highest BCUT2D eigenvalue weighted by Crippen LogP contribution is 2.14. The van der Waals surface area contributed by atoms with Gasteiger partial charge in [0.2, 0.25) is 0 Å². The lowest BCUT2D eigenvalue weighted by Gasteiger charge is -2.12. The van der Waals surface area contributed by atoms with Gasteiger partial charge in [-0.2, -0.15) is 0 Å². The number of aliphatic imine (C=N–C) groups is 1. The molecule has 0 saturated heterocycles. The van der Waals surface area contributed by atoms with Crippen LogP contribution < -0.4 is 15.4 Å². The minimum Gasteiger partial charge on any atom is -0.492 e. The number of nitrogens with one attached hydrogen (secondary N) is 2. The van der Waals surface area contributed by atoms with Crippen molar-refractivity contribution in [1.29, 1.82) is 0 Å². The Hall–Kier alpha value is -2.08. The van der Waals surface area contributed by atoms with Gasteiger partial charge in [-0.15, -0.1) is 11.3 Å². The summed E-state index contributed by atoms with van der Waals surface area (Å²) in [5.41, 5.74) is 1.23. The van der Waals surface area contributed by atoms with Gasteiger partial charge in [-0.3, -0.25) is 0 Å². The molecule has 0 atom stereocenters. The van der Waals surface area contributed by atoms with Crippen molar-refractivity contribution in [3.8, 4) is 5.75 Å². The van der Waals surface area contributed by atoms with Crippen LogP contribution in [-0.4, -0.2) is 30.6 Å². The predicted octanol–water partition coefficient (Wildman–Crippen LogP) is 3.15. The van der Waals surface area contributed by atoms with E-state index in [9.17, 15) is 0 Å². The highest BCUT2D eigenvalue weighted by molar-refractivity contribution is 7.11. The van der Waals surface area contributed by atoms with Gasteiger partial charge in [-0.25, -0.2) is 9.98 Å². The maximum Gasteiger partial charge on any atom is 0.191 e. The average molecular weight is 347 g/mol. The number of rotatable bonds is 8. The Balaban J connectivity index is 1.77. The minimum atomic E-state index is 0.588. The van der Waals surface area contributed by atoms with Gasteiger partial charge >= 0.3 is 0 Å². The zero-order valence-corrected chi connectivity index (χ0v) is 15.4. The molecule has 0 spiro atoms. The van der Waals surface area contributed by atoms with Crippen LogP contribution >= 0.6 is 11.3 Å². The Bertz CT molecular complexity index is 637. The summed E-state index contributed by atoms with van der Waals surface area (Å²) in [6.45, 7) is 8.96. The minimum absolute atomic E-state index is 0.588. The summed E-state index contributed by atoms with van der Waals surface area (Å²) in [5.74, 6) is 1.68. The van der Waals surface area contributed by atoms with Gasteiger partial charge in [-0.05, 0) is 32.4 Å². The fourth-order valence-electron chi connectivity index (χ4n) is 2.05. The van der Waals surface area contributed by atoms with Gasteiger partial charge in [0.15, 0.2) is 5.96 Å². The number of aryl methyl sites for hydroxylation is 2. The third kappa shape index (κ3) is 6.20. The van der Waals surface area contributed by atoms with E-state index < -0.39 is 0 Å². The summed E-state index contributed by atoms with van der Waals surface area (Å²) < 4.78 is 5.71. The molecule has 0 aliphatic heterocycles. The molecule has 1 aromatic heterocycles. The van der Waals surface area contributed by atoms with Crippen LogP contribution in [-0.2, 0) is 13.0 Å². The zero-order chi connectivity index (χ0) is 17.2. The van der Waals surface area contributed by atoms with Gasteiger partial charge in [0.05, 0.1) is 13.1 Å². The molecule has 0 aliphatic rings.